The molecule has 166 valence electrons. The van der Waals surface area contributed by atoms with E-state index in [1.807, 2.05) is 30.3 Å². The van der Waals surface area contributed by atoms with Crippen LogP contribution in [0.5, 0.6) is 0 Å². The molecule has 2 aromatic rings. The zero-order valence-corrected chi connectivity index (χ0v) is 17.9. The highest BCUT2D eigenvalue weighted by molar-refractivity contribution is 7.89. The second-order valence-electron chi connectivity index (χ2n) is 7.74. The predicted molar refractivity (Wildman–Crippen MR) is 116 cm³/mol. The van der Waals surface area contributed by atoms with E-state index in [0.717, 1.165) is 11.1 Å². The molecular weight excluding hydrogens is 418 g/mol. The molecule has 5 atom stereocenters. The number of benzene rings is 2. The molecule has 7 nitrogen and oxygen atoms in total. The van der Waals surface area contributed by atoms with Gasteiger partial charge in [0.25, 0.3) is 0 Å². The van der Waals surface area contributed by atoms with Crippen LogP contribution in [0.3, 0.4) is 0 Å². The third kappa shape index (κ3) is 5.06. The first-order valence-corrected chi connectivity index (χ1v) is 11.8. The van der Waals surface area contributed by atoms with Gasteiger partial charge >= 0.3 is 0 Å². The van der Waals surface area contributed by atoms with Crippen LogP contribution in [0, 0.1) is 0 Å². The fourth-order valence-electron chi connectivity index (χ4n) is 4.01. The second kappa shape index (κ2) is 9.60. The minimum atomic E-state index is -3.65. The number of aliphatic hydroxyl groups is 1. The Kier molecular flexibility index (Phi) is 6.86. The van der Waals surface area contributed by atoms with Gasteiger partial charge in [-0.2, -0.15) is 0 Å². The number of rotatable bonds is 9. The summed E-state index contributed by atoms with van der Waals surface area (Å²) in [5, 5.41) is 9.67. The van der Waals surface area contributed by atoms with Crippen molar-refractivity contribution in [3.8, 4) is 0 Å². The first-order valence-electron chi connectivity index (χ1n) is 10.3. The van der Waals surface area contributed by atoms with Gasteiger partial charge in [-0.25, -0.2) is 13.1 Å². The van der Waals surface area contributed by atoms with Gasteiger partial charge in [0.1, 0.15) is 18.3 Å². The molecule has 0 spiro atoms. The predicted octanol–water partition coefficient (Wildman–Crippen LogP) is 2.11. The summed E-state index contributed by atoms with van der Waals surface area (Å²) in [6.07, 6.45) is 0.402. The fraction of sp³-hybridized carbons (Fsp3) is 0.391. The highest BCUT2D eigenvalue weighted by Gasteiger charge is 2.51. The molecule has 2 saturated heterocycles. The van der Waals surface area contributed by atoms with Gasteiger partial charge in [-0.05, 0) is 23.3 Å². The smallest absolute Gasteiger partial charge is 0.240 e. The topological polar surface area (TPSA) is 94.1 Å². The van der Waals surface area contributed by atoms with Crippen LogP contribution in [-0.4, -0.2) is 57.2 Å². The monoisotopic (exact) mass is 445 g/mol. The minimum absolute atomic E-state index is 0.136. The van der Waals surface area contributed by atoms with Gasteiger partial charge in [-0.3, -0.25) is 0 Å². The molecule has 0 aliphatic carbocycles. The molecule has 2 aromatic carbocycles. The van der Waals surface area contributed by atoms with E-state index in [4.69, 9.17) is 14.2 Å². The summed E-state index contributed by atoms with van der Waals surface area (Å²) in [4.78, 5) is 0.192. The summed E-state index contributed by atoms with van der Waals surface area (Å²) in [5.41, 5.74) is 1.87. The minimum Gasteiger partial charge on any atom is -0.394 e. The van der Waals surface area contributed by atoms with E-state index in [1.165, 1.54) is 0 Å². The fourth-order valence-corrected chi connectivity index (χ4v) is 5.08. The summed E-state index contributed by atoms with van der Waals surface area (Å²) >= 11 is 0. The van der Waals surface area contributed by atoms with Crippen LogP contribution < -0.4 is 4.72 Å². The maximum atomic E-state index is 12.6. The zero-order chi connectivity index (χ0) is 21.8. The molecule has 31 heavy (non-hydrogen) atoms. The number of aliphatic hydroxyl groups excluding tert-OH is 1. The molecule has 2 N–H and O–H groups in total. The standard InChI is InChI=1S/C23H27NO6S/c1-2-16-8-10-19(11-9-16)31(26,27)24-13-18-12-20-23(29-18)22(21(14-25)30-20)28-15-17-6-4-3-5-7-17/h2-11,18,20-25H,1,12-15H2/t18-,20-,21+,22+,23+/m0/s1. The Balaban J connectivity index is 1.34. The largest absolute Gasteiger partial charge is 0.394 e. The number of fused-ring (bicyclic) bond motifs is 1. The zero-order valence-electron chi connectivity index (χ0n) is 17.1. The van der Waals surface area contributed by atoms with Crippen molar-refractivity contribution in [3.05, 3.63) is 72.3 Å². The first kappa shape index (κ1) is 22.1. The van der Waals surface area contributed by atoms with Crippen molar-refractivity contribution in [1.82, 2.24) is 4.72 Å². The lowest BCUT2D eigenvalue weighted by Crippen LogP contribution is -2.38. The lowest BCUT2D eigenvalue weighted by Gasteiger charge is -2.23. The van der Waals surface area contributed by atoms with Gasteiger partial charge in [0, 0.05) is 13.0 Å². The summed E-state index contributed by atoms with van der Waals surface area (Å²) < 4.78 is 45.8. The number of sulfonamides is 1. The first-order chi connectivity index (χ1) is 15.0. The number of hydrogen-bond donors (Lipinski definition) is 2. The summed E-state index contributed by atoms with van der Waals surface area (Å²) in [5.74, 6) is 0. The third-order valence-corrected chi connectivity index (χ3v) is 7.08. The van der Waals surface area contributed by atoms with Crippen LogP contribution in [0.2, 0.25) is 0 Å². The Hall–Kier alpha value is -2.07. The Bertz CT molecular complexity index is 979. The molecule has 0 aromatic heterocycles. The number of hydrogen-bond acceptors (Lipinski definition) is 6. The van der Waals surface area contributed by atoms with Crippen molar-refractivity contribution in [2.45, 2.75) is 48.4 Å². The molecule has 0 radical (unpaired) electrons. The summed E-state index contributed by atoms with van der Waals surface area (Å²) in [6.45, 7) is 4.03. The van der Waals surface area contributed by atoms with Crippen molar-refractivity contribution >= 4 is 16.1 Å². The third-order valence-electron chi connectivity index (χ3n) is 5.64. The Morgan fingerprint density at radius 2 is 1.87 bits per heavy atom. The van der Waals surface area contributed by atoms with E-state index >= 15 is 0 Å². The maximum absolute atomic E-state index is 12.6. The molecule has 0 saturated carbocycles. The SMILES string of the molecule is C=Cc1ccc(S(=O)(=O)NC[C@@H]2C[C@@H]3O[C@H](CO)[C@@H](OCc4ccccc4)[C@@H]3O2)cc1. The Labute approximate surface area is 182 Å². The average Bonchev–Trinajstić information content (AvgIpc) is 3.34. The van der Waals surface area contributed by atoms with Crippen LogP contribution in [0.25, 0.3) is 6.08 Å². The number of ether oxygens (including phenoxy) is 3. The van der Waals surface area contributed by atoms with Crippen molar-refractivity contribution in [1.29, 1.82) is 0 Å². The summed E-state index contributed by atoms with van der Waals surface area (Å²) in [7, 11) is -3.65. The molecule has 0 unspecified atom stereocenters. The van der Waals surface area contributed by atoms with Crippen molar-refractivity contribution in [3.63, 3.8) is 0 Å². The van der Waals surface area contributed by atoms with Gasteiger partial charge in [0.2, 0.25) is 10.0 Å². The highest BCUT2D eigenvalue weighted by Crippen LogP contribution is 2.36. The molecule has 2 aliphatic rings. The second-order valence-corrected chi connectivity index (χ2v) is 9.51. The lowest BCUT2D eigenvalue weighted by molar-refractivity contribution is -0.0907. The quantitative estimate of drug-likeness (QED) is 0.614. The van der Waals surface area contributed by atoms with Gasteiger partial charge in [0.15, 0.2) is 0 Å². The van der Waals surface area contributed by atoms with Gasteiger partial charge < -0.3 is 19.3 Å². The molecule has 8 heteroatoms. The van der Waals surface area contributed by atoms with E-state index < -0.39 is 22.2 Å². The lowest BCUT2D eigenvalue weighted by atomic mass is 10.1. The molecule has 2 aliphatic heterocycles. The van der Waals surface area contributed by atoms with E-state index in [0.29, 0.717) is 13.0 Å². The normalized spacial score (nSPS) is 27.8. The molecule has 2 heterocycles. The molecule has 0 amide bonds. The van der Waals surface area contributed by atoms with Crippen LogP contribution in [-0.2, 0) is 30.8 Å². The Morgan fingerprint density at radius 3 is 2.55 bits per heavy atom. The van der Waals surface area contributed by atoms with Crippen LogP contribution in [0.1, 0.15) is 17.5 Å². The van der Waals surface area contributed by atoms with E-state index in [-0.39, 0.29) is 36.4 Å². The van der Waals surface area contributed by atoms with Crippen LogP contribution in [0.15, 0.2) is 66.1 Å². The maximum Gasteiger partial charge on any atom is 0.240 e. The highest BCUT2D eigenvalue weighted by atomic mass is 32.2. The summed E-state index contributed by atoms with van der Waals surface area (Å²) in [6, 6.07) is 16.3. The van der Waals surface area contributed by atoms with E-state index in [9.17, 15) is 13.5 Å². The average molecular weight is 446 g/mol. The molecular formula is C23H27NO6S. The van der Waals surface area contributed by atoms with Gasteiger partial charge in [0.05, 0.1) is 30.3 Å². The number of nitrogens with one attached hydrogen (secondary N) is 1. The van der Waals surface area contributed by atoms with Crippen molar-refractivity contribution in [2.24, 2.45) is 0 Å². The van der Waals surface area contributed by atoms with Crippen molar-refractivity contribution < 1.29 is 27.7 Å². The van der Waals surface area contributed by atoms with Crippen LogP contribution >= 0.6 is 0 Å². The molecule has 0 bridgehead atoms. The van der Waals surface area contributed by atoms with Crippen molar-refractivity contribution in [2.75, 3.05) is 13.2 Å². The molecule has 2 fully saturated rings. The van der Waals surface area contributed by atoms with Gasteiger partial charge in [-0.1, -0.05) is 55.1 Å². The Morgan fingerprint density at radius 1 is 1.13 bits per heavy atom. The van der Waals surface area contributed by atoms with E-state index in [1.54, 1.807) is 30.3 Å². The van der Waals surface area contributed by atoms with Gasteiger partial charge in [-0.15, -0.1) is 0 Å². The van der Waals surface area contributed by atoms with E-state index in [2.05, 4.69) is 11.3 Å². The molecule has 4 rings (SSSR count). The van der Waals surface area contributed by atoms with Crippen LogP contribution in [0.4, 0.5) is 0 Å².